The van der Waals surface area contributed by atoms with E-state index in [9.17, 15) is 28.6 Å². The summed E-state index contributed by atoms with van der Waals surface area (Å²) in [6.07, 6.45) is 5.23. The third-order valence-corrected chi connectivity index (χ3v) is 6.65. The van der Waals surface area contributed by atoms with E-state index in [1.807, 2.05) is 0 Å². The van der Waals surface area contributed by atoms with Crippen LogP contribution in [0.2, 0.25) is 0 Å². The lowest BCUT2D eigenvalue weighted by molar-refractivity contribution is 0.0692. The van der Waals surface area contributed by atoms with Gasteiger partial charge in [-0.1, -0.05) is 6.42 Å². The second-order valence-electron chi connectivity index (χ2n) is 8.88. The van der Waals surface area contributed by atoms with Gasteiger partial charge >= 0.3 is 12.0 Å². The molecule has 0 bridgehead atoms. The molecule has 12 heteroatoms. The number of carbonyl (C=O) groups excluding carboxylic acids is 1. The first kappa shape index (κ1) is 27.8. The second-order valence-corrected chi connectivity index (χ2v) is 9.66. The minimum absolute atomic E-state index is 0.0585. The van der Waals surface area contributed by atoms with Crippen LogP contribution in [0.25, 0.3) is 0 Å². The van der Waals surface area contributed by atoms with E-state index in [2.05, 4.69) is 19.9 Å². The van der Waals surface area contributed by atoms with E-state index >= 15 is 0 Å². The molecule has 1 unspecified atom stereocenters. The molecule has 0 spiro atoms. The predicted octanol–water partition coefficient (Wildman–Crippen LogP) is 4.15. The molecular weight excluding hydrogens is 494 g/mol. The third-order valence-electron chi connectivity index (χ3n) is 5.91. The van der Waals surface area contributed by atoms with Crippen LogP contribution in [0.15, 0.2) is 12.1 Å². The van der Waals surface area contributed by atoms with Crippen molar-refractivity contribution in [2.24, 2.45) is 0 Å². The summed E-state index contributed by atoms with van der Waals surface area (Å²) in [6, 6.07) is 1.68. The van der Waals surface area contributed by atoms with E-state index in [1.165, 1.54) is 19.3 Å². The van der Waals surface area contributed by atoms with Crippen LogP contribution < -0.4 is 15.4 Å². The number of aryl methyl sites for hydroxylation is 1. The smallest absolute Gasteiger partial charge is 0.344 e. The number of unbranched alkanes of at least 4 members (excludes halogenated alkanes) is 1. The number of urea groups is 1. The highest BCUT2D eigenvalue weighted by atomic mass is 32.1. The fourth-order valence-electron chi connectivity index (χ4n) is 4.04. The molecule has 0 saturated carbocycles. The molecule has 2 amide bonds. The summed E-state index contributed by atoms with van der Waals surface area (Å²) in [7, 11) is 0. The molecule has 1 aromatic carbocycles. The molecule has 3 rings (SSSR count). The fraction of sp³-hybridized carbons (Fsp3) is 0.542. The number of nitrogens with one attached hydrogen (secondary N) is 2. The molecular formula is C24H32F2N4O5S. The number of aromatic nitrogens is 1. The Bertz CT molecular complexity index is 1020. The standard InChI is InChI=1S/C24H32F2N4O5S/c1-15-11-18(25)17(19(26)12-15)14-35-21-20(23(32)33)22(36-29-21)28-24(34)27-8-4-3-7-16(31)13-30-9-5-2-6-10-30/h11-12,16,31H,2-10,13-14H2,1H3,(H,32,33)(H2,27,28,34). The molecule has 1 saturated heterocycles. The lowest BCUT2D eigenvalue weighted by Gasteiger charge is -2.28. The molecule has 198 valence electrons. The number of benzene rings is 1. The van der Waals surface area contributed by atoms with Gasteiger partial charge in [0.2, 0.25) is 5.88 Å². The van der Waals surface area contributed by atoms with Gasteiger partial charge in [0.25, 0.3) is 0 Å². The van der Waals surface area contributed by atoms with E-state index in [4.69, 9.17) is 4.74 Å². The van der Waals surface area contributed by atoms with Gasteiger partial charge in [-0.15, -0.1) is 0 Å². The van der Waals surface area contributed by atoms with Gasteiger partial charge in [0.15, 0.2) is 5.56 Å². The molecule has 0 aliphatic carbocycles. The van der Waals surface area contributed by atoms with Gasteiger partial charge in [0, 0.05) is 13.1 Å². The quantitative estimate of drug-likeness (QED) is 0.306. The number of β-amino-alcohol motifs (C(OH)–C–C–N with tert-alkyl or cyclic N) is 1. The Morgan fingerprint density at radius 1 is 1.19 bits per heavy atom. The van der Waals surface area contributed by atoms with Crippen LogP contribution in [-0.2, 0) is 6.61 Å². The van der Waals surface area contributed by atoms with Crippen molar-refractivity contribution in [3.8, 4) is 5.88 Å². The number of halogens is 2. The van der Waals surface area contributed by atoms with Crippen molar-refractivity contribution in [3.05, 3.63) is 40.5 Å². The summed E-state index contributed by atoms with van der Waals surface area (Å²) in [5, 5.41) is 24.8. The lowest BCUT2D eigenvalue weighted by atomic mass is 10.1. The first-order chi connectivity index (χ1) is 17.2. The van der Waals surface area contributed by atoms with Crippen molar-refractivity contribution in [1.82, 2.24) is 14.6 Å². The van der Waals surface area contributed by atoms with Crippen LogP contribution in [0.4, 0.5) is 18.6 Å². The van der Waals surface area contributed by atoms with Gasteiger partial charge in [0.1, 0.15) is 23.2 Å². The van der Waals surface area contributed by atoms with E-state index < -0.39 is 41.9 Å². The number of carbonyl (C=O) groups is 2. The molecule has 1 fully saturated rings. The SMILES string of the molecule is Cc1cc(F)c(COc2nsc(NC(=O)NCCCCC(O)CN3CCCCC3)c2C(=O)O)c(F)c1. The van der Waals surface area contributed by atoms with Crippen LogP contribution in [0.3, 0.4) is 0 Å². The fourth-order valence-corrected chi connectivity index (χ4v) is 4.76. The lowest BCUT2D eigenvalue weighted by Crippen LogP contribution is -2.36. The number of piperidine rings is 1. The number of hydrogen-bond acceptors (Lipinski definition) is 7. The van der Waals surface area contributed by atoms with Crippen molar-refractivity contribution in [3.63, 3.8) is 0 Å². The number of carboxylic acid groups (broad SMARTS) is 1. The number of ether oxygens (including phenoxy) is 1. The summed E-state index contributed by atoms with van der Waals surface area (Å²) in [5.41, 5.74) is -0.345. The molecule has 0 radical (unpaired) electrons. The number of carboxylic acids is 1. The number of aliphatic hydroxyl groups excluding tert-OH is 1. The monoisotopic (exact) mass is 526 g/mol. The van der Waals surface area contributed by atoms with Crippen molar-refractivity contribution in [2.75, 3.05) is 31.5 Å². The van der Waals surface area contributed by atoms with E-state index in [0.29, 0.717) is 43.0 Å². The van der Waals surface area contributed by atoms with Gasteiger partial charge < -0.3 is 25.2 Å². The third kappa shape index (κ3) is 8.10. The topological polar surface area (TPSA) is 124 Å². The van der Waals surface area contributed by atoms with Gasteiger partial charge in [-0.3, -0.25) is 5.32 Å². The Hall–Kier alpha value is -2.83. The number of aromatic carboxylic acids is 1. The zero-order chi connectivity index (χ0) is 26.1. The highest BCUT2D eigenvalue weighted by Crippen LogP contribution is 2.31. The average Bonchev–Trinajstić information content (AvgIpc) is 3.21. The molecule has 1 aliphatic rings. The molecule has 2 heterocycles. The summed E-state index contributed by atoms with van der Waals surface area (Å²) in [5.74, 6) is -3.36. The van der Waals surface area contributed by atoms with Crippen LogP contribution in [-0.4, -0.2) is 63.8 Å². The van der Waals surface area contributed by atoms with Crippen LogP contribution >= 0.6 is 11.5 Å². The molecule has 4 N–H and O–H groups in total. The number of likely N-dealkylation sites (tertiary alicyclic amines) is 1. The number of anilines is 1. The van der Waals surface area contributed by atoms with E-state index in [1.54, 1.807) is 6.92 Å². The highest BCUT2D eigenvalue weighted by Gasteiger charge is 2.24. The summed E-state index contributed by atoms with van der Waals surface area (Å²) in [4.78, 5) is 26.2. The molecule has 1 aromatic heterocycles. The van der Waals surface area contributed by atoms with Gasteiger partial charge in [-0.05, 0) is 81.3 Å². The normalized spacial score (nSPS) is 14.9. The number of amides is 2. The van der Waals surface area contributed by atoms with Gasteiger partial charge in [0.05, 0.1) is 11.7 Å². The molecule has 2 aromatic rings. The molecule has 1 atom stereocenters. The Morgan fingerprint density at radius 3 is 2.56 bits per heavy atom. The largest absolute Gasteiger partial charge is 0.477 e. The van der Waals surface area contributed by atoms with Crippen LogP contribution in [0.1, 0.15) is 60.0 Å². The molecule has 9 nitrogen and oxygen atoms in total. The summed E-state index contributed by atoms with van der Waals surface area (Å²) >= 11 is 0.690. The molecule has 36 heavy (non-hydrogen) atoms. The maximum Gasteiger partial charge on any atom is 0.344 e. The van der Waals surface area contributed by atoms with E-state index in [0.717, 1.165) is 31.6 Å². The van der Waals surface area contributed by atoms with Gasteiger partial charge in [-0.2, -0.15) is 4.37 Å². The summed E-state index contributed by atoms with van der Waals surface area (Å²) < 4.78 is 37.2. The zero-order valence-electron chi connectivity index (χ0n) is 20.2. The van der Waals surface area contributed by atoms with Gasteiger partial charge in [-0.25, -0.2) is 18.4 Å². The van der Waals surface area contributed by atoms with Crippen molar-refractivity contribution >= 4 is 28.5 Å². The number of nitrogens with zero attached hydrogens (tertiary/aromatic N) is 2. The van der Waals surface area contributed by atoms with E-state index in [-0.39, 0.29) is 16.4 Å². The minimum atomic E-state index is -1.40. The Morgan fingerprint density at radius 2 is 1.89 bits per heavy atom. The first-order valence-electron chi connectivity index (χ1n) is 12.0. The second kappa shape index (κ2) is 13.5. The number of aliphatic hydroxyl groups is 1. The Labute approximate surface area is 212 Å². The highest BCUT2D eigenvalue weighted by molar-refractivity contribution is 7.11. The Balaban J connectivity index is 1.44. The molecule has 1 aliphatic heterocycles. The first-order valence-corrected chi connectivity index (χ1v) is 12.8. The number of hydrogen-bond donors (Lipinski definition) is 4. The zero-order valence-corrected chi connectivity index (χ0v) is 21.0. The maximum absolute atomic E-state index is 14.0. The van der Waals surface area contributed by atoms with Crippen molar-refractivity contribution in [1.29, 1.82) is 0 Å². The number of rotatable bonds is 12. The summed E-state index contributed by atoms with van der Waals surface area (Å²) in [6.45, 7) is 4.06. The predicted molar refractivity (Wildman–Crippen MR) is 132 cm³/mol. The van der Waals surface area contributed by atoms with Crippen molar-refractivity contribution < 1.29 is 33.3 Å². The Kier molecular flexibility index (Phi) is 10.4. The van der Waals surface area contributed by atoms with Crippen molar-refractivity contribution in [2.45, 2.75) is 58.2 Å². The maximum atomic E-state index is 14.0. The van der Waals surface area contributed by atoms with Crippen LogP contribution in [0.5, 0.6) is 5.88 Å². The minimum Gasteiger partial charge on any atom is -0.477 e. The average molecular weight is 527 g/mol. The van der Waals surface area contributed by atoms with Crippen LogP contribution in [0, 0.1) is 18.6 Å².